The average molecular weight is 307 g/mol. The smallest absolute Gasteiger partial charge is 0.228 e. The Morgan fingerprint density at radius 3 is 2.52 bits per heavy atom. The SMILES string of the molecule is Cc1nc(S(=O)(=O)Cc2ccccn2)n(CC(C)C)c1C. The molecule has 2 rings (SSSR count). The summed E-state index contributed by atoms with van der Waals surface area (Å²) in [5.41, 5.74) is 2.20. The second-order valence-electron chi connectivity index (χ2n) is 5.65. The number of imidazole rings is 1. The lowest BCUT2D eigenvalue weighted by Gasteiger charge is -2.12. The maximum absolute atomic E-state index is 12.6. The van der Waals surface area contributed by atoms with Crippen LogP contribution in [0.5, 0.6) is 0 Å². The number of nitrogens with zero attached hydrogens (tertiary/aromatic N) is 3. The first kappa shape index (κ1) is 15.7. The Bertz CT molecular complexity index is 719. The molecule has 0 spiro atoms. The van der Waals surface area contributed by atoms with Gasteiger partial charge in [0.05, 0.1) is 11.4 Å². The second-order valence-corrected chi connectivity index (χ2v) is 7.53. The fourth-order valence-corrected chi connectivity index (χ4v) is 3.70. The third-order valence-corrected chi connectivity index (χ3v) is 4.86. The lowest BCUT2D eigenvalue weighted by molar-refractivity contribution is 0.475. The molecule has 0 atom stereocenters. The van der Waals surface area contributed by atoms with Crippen LogP contribution >= 0.6 is 0 Å². The zero-order chi connectivity index (χ0) is 15.6. The molecule has 2 aromatic heterocycles. The van der Waals surface area contributed by atoms with Crippen LogP contribution in [0.2, 0.25) is 0 Å². The predicted molar refractivity (Wildman–Crippen MR) is 81.7 cm³/mol. The van der Waals surface area contributed by atoms with E-state index in [9.17, 15) is 8.42 Å². The van der Waals surface area contributed by atoms with E-state index in [1.54, 1.807) is 29.0 Å². The van der Waals surface area contributed by atoms with E-state index >= 15 is 0 Å². The minimum absolute atomic E-state index is 0.123. The molecule has 0 aliphatic carbocycles. The Labute approximate surface area is 126 Å². The van der Waals surface area contributed by atoms with Crippen molar-refractivity contribution in [1.29, 1.82) is 0 Å². The monoisotopic (exact) mass is 307 g/mol. The molecular formula is C15H21N3O2S. The van der Waals surface area contributed by atoms with Crippen molar-refractivity contribution in [3.63, 3.8) is 0 Å². The molecule has 0 aromatic carbocycles. The largest absolute Gasteiger partial charge is 0.319 e. The highest BCUT2D eigenvalue weighted by Gasteiger charge is 2.25. The first-order valence-electron chi connectivity index (χ1n) is 6.97. The number of hydrogen-bond donors (Lipinski definition) is 0. The van der Waals surface area contributed by atoms with Gasteiger partial charge in [-0.05, 0) is 31.9 Å². The van der Waals surface area contributed by atoms with E-state index in [1.807, 2.05) is 13.8 Å². The van der Waals surface area contributed by atoms with Crippen molar-refractivity contribution in [2.24, 2.45) is 5.92 Å². The van der Waals surface area contributed by atoms with Gasteiger partial charge in [0.2, 0.25) is 15.0 Å². The Balaban J connectivity index is 2.43. The molecular weight excluding hydrogens is 286 g/mol. The Morgan fingerprint density at radius 1 is 1.24 bits per heavy atom. The van der Waals surface area contributed by atoms with E-state index in [4.69, 9.17) is 0 Å². The standard InChI is InChI=1S/C15H21N3O2S/c1-11(2)9-18-13(4)12(3)17-15(18)21(19,20)10-14-7-5-6-8-16-14/h5-8,11H,9-10H2,1-4H3. The van der Waals surface area contributed by atoms with Gasteiger partial charge in [-0.3, -0.25) is 4.98 Å². The summed E-state index contributed by atoms with van der Waals surface area (Å²) in [5.74, 6) is 0.225. The summed E-state index contributed by atoms with van der Waals surface area (Å²) < 4.78 is 27.1. The molecule has 0 saturated carbocycles. The molecule has 0 N–H and O–H groups in total. The van der Waals surface area contributed by atoms with Crippen LogP contribution < -0.4 is 0 Å². The lowest BCUT2D eigenvalue weighted by atomic mass is 10.2. The van der Waals surface area contributed by atoms with E-state index in [0.717, 1.165) is 11.4 Å². The van der Waals surface area contributed by atoms with Crippen LogP contribution in [0.15, 0.2) is 29.6 Å². The molecule has 0 amide bonds. The van der Waals surface area contributed by atoms with E-state index in [2.05, 4.69) is 23.8 Å². The molecule has 0 fully saturated rings. The summed E-state index contributed by atoms with van der Waals surface area (Å²) in [7, 11) is -3.50. The highest BCUT2D eigenvalue weighted by atomic mass is 32.2. The van der Waals surface area contributed by atoms with Crippen molar-refractivity contribution in [3.05, 3.63) is 41.5 Å². The van der Waals surface area contributed by atoms with Crippen molar-refractivity contribution in [1.82, 2.24) is 14.5 Å². The predicted octanol–water partition coefficient (Wildman–Crippen LogP) is 2.52. The van der Waals surface area contributed by atoms with Gasteiger partial charge in [-0.25, -0.2) is 13.4 Å². The third kappa shape index (κ3) is 3.50. The topological polar surface area (TPSA) is 64.8 Å². The summed E-state index contributed by atoms with van der Waals surface area (Å²) in [6.45, 7) is 8.51. The summed E-state index contributed by atoms with van der Waals surface area (Å²) >= 11 is 0. The maximum atomic E-state index is 12.6. The normalized spacial score (nSPS) is 12.0. The minimum Gasteiger partial charge on any atom is -0.319 e. The molecule has 0 aliphatic heterocycles. The van der Waals surface area contributed by atoms with Crippen molar-refractivity contribution in [3.8, 4) is 0 Å². The maximum Gasteiger partial charge on any atom is 0.228 e. The van der Waals surface area contributed by atoms with Gasteiger partial charge in [-0.15, -0.1) is 0 Å². The van der Waals surface area contributed by atoms with Crippen LogP contribution in [0.25, 0.3) is 0 Å². The molecule has 0 bridgehead atoms. The molecule has 2 aromatic rings. The summed E-state index contributed by atoms with van der Waals surface area (Å²) in [6, 6.07) is 5.27. The van der Waals surface area contributed by atoms with E-state index in [0.29, 0.717) is 18.2 Å². The Hall–Kier alpha value is -1.69. The zero-order valence-corrected chi connectivity index (χ0v) is 13.7. The van der Waals surface area contributed by atoms with Gasteiger partial charge in [0.15, 0.2) is 0 Å². The fourth-order valence-electron chi connectivity index (χ4n) is 2.18. The van der Waals surface area contributed by atoms with E-state index < -0.39 is 9.84 Å². The van der Waals surface area contributed by atoms with Crippen LogP contribution in [0.1, 0.15) is 30.9 Å². The van der Waals surface area contributed by atoms with Crippen LogP contribution in [-0.2, 0) is 22.1 Å². The van der Waals surface area contributed by atoms with Gasteiger partial charge in [0.1, 0.15) is 5.75 Å². The molecule has 21 heavy (non-hydrogen) atoms. The van der Waals surface area contributed by atoms with Gasteiger partial charge in [-0.2, -0.15) is 0 Å². The average Bonchev–Trinajstić information content (AvgIpc) is 2.68. The quantitative estimate of drug-likeness (QED) is 0.851. The van der Waals surface area contributed by atoms with Crippen molar-refractivity contribution >= 4 is 9.84 Å². The minimum atomic E-state index is -3.50. The van der Waals surface area contributed by atoms with Gasteiger partial charge in [0.25, 0.3) is 0 Å². The van der Waals surface area contributed by atoms with Crippen LogP contribution in [0.4, 0.5) is 0 Å². The molecule has 0 unspecified atom stereocenters. The van der Waals surface area contributed by atoms with Gasteiger partial charge >= 0.3 is 0 Å². The Kier molecular flexibility index (Phi) is 4.46. The molecule has 0 saturated heterocycles. The number of rotatable bonds is 5. The molecule has 114 valence electrons. The van der Waals surface area contributed by atoms with Crippen molar-refractivity contribution < 1.29 is 8.42 Å². The summed E-state index contributed by atoms with van der Waals surface area (Å²) in [6.07, 6.45) is 1.60. The van der Waals surface area contributed by atoms with Gasteiger partial charge in [0, 0.05) is 18.4 Å². The zero-order valence-electron chi connectivity index (χ0n) is 12.9. The molecule has 2 heterocycles. The number of pyridine rings is 1. The fraction of sp³-hybridized carbons (Fsp3) is 0.467. The number of aromatic nitrogens is 3. The van der Waals surface area contributed by atoms with E-state index in [-0.39, 0.29) is 10.9 Å². The van der Waals surface area contributed by atoms with Gasteiger partial charge < -0.3 is 4.57 Å². The second kappa shape index (κ2) is 5.97. The number of hydrogen-bond acceptors (Lipinski definition) is 4. The number of aryl methyl sites for hydroxylation is 1. The van der Waals surface area contributed by atoms with Crippen LogP contribution in [-0.4, -0.2) is 23.0 Å². The first-order chi connectivity index (χ1) is 9.81. The van der Waals surface area contributed by atoms with Crippen LogP contribution in [0, 0.1) is 19.8 Å². The Morgan fingerprint density at radius 2 is 1.95 bits per heavy atom. The summed E-state index contributed by atoms with van der Waals surface area (Å²) in [4.78, 5) is 8.37. The summed E-state index contributed by atoms with van der Waals surface area (Å²) in [5, 5.41) is 0.150. The lowest BCUT2D eigenvalue weighted by Crippen LogP contribution is -2.16. The first-order valence-corrected chi connectivity index (χ1v) is 8.63. The molecule has 6 heteroatoms. The molecule has 0 aliphatic rings. The third-order valence-electron chi connectivity index (χ3n) is 3.31. The molecule has 0 radical (unpaired) electrons. The molecule has 5 nitrogen and oxygen atoms in total. The highest BCUT2D eigenvalue weighted by Crippen LogP contribution is 2.20. The van der Waals surface area contributed by atoms with Crippen LogP contribution in [0.3, 0.4) is 0 Å². The van der Waals surface area contributed by atoms with Crippen molar-refractivity contribution in [2.75, 3.05) is 0 Å². The van der Waals surface area contributed by atoms with Crippen molar-refractivity contribution in [2.45, 2.75) is 45.1 Å². The number of sulfone groups is 1. The van der Waals surface area contributed by atoms with Gasteiger partial charge in [-0.1, -0.05) is 19.9 Å². The van der Waals surface area contributed by atoms with E-state index in [1.165, 1.54) is 0 Å². The highest BCUT2D eigenvalue weighted by molar-refractivity contribution is 7.90.